The van der Waals surface area contributed by atoms with Crippen molar-refractivity contribution in [1.29, 1.82) is 0 Å². The molecule has 0 saturated heterocycles. The van der Waals surface area contributed by atoms with Gasteiger partial charge in [0.1, 0.15) is 5.82 Å². The third-order valence-electron chi connectivity index (χ3n) is 3.97. The molecule has 4 nitrogen and oxygen atoms in total. The second-order valence-corrected chi connectivity index (χ2v) is 6.37. The molecule has 0 aliphatic heterocycles. The van der Waals surface area contributed by atoms with Crippen molar-refractivity contribution in [2.45, 2.75) is 6.92 Å². The van der Waals surface area contributed by atoms with Crippen LogP contribution in [0.2, 0.25) is 0 Å². The maximum atomic E-state index is 4.66. The minimum absolute atomic E-state index is 0.800. The average Bonchev–Trinajstić information content (AvgIpc) is 3.12. The first-order valence-corrected chi connectivity index (χ1v) is 8.02. The van der Waals surface area contributed by atoms with Crippen molar-refractivity contribution in [3.05, 3.63) is 47.7 Å². The number of rotatable bonds is 2. The van der Waals surface area contributed by atoms with Crippen LogP contribution in [-0.2, 0) is 7.05 Å². The lowest BCUT2D eigenvalue weighted by Gasteiger charge is -2.19. The van der Waals surface area contributed by atoms with Crippen LogP contribution in [0.3, 0.4) is 0 Å². The lowest BCUT2D eigenvalue weighted by molar-refractivity contribution is 0.969. The highest BCUT2D eigenvalue weighted by Crippen LogP contribution is 2.33. The monoisotopic (exact) mass is 308 g/mol. The van der Waals surface area contributed by atoms with E-state index in [1.807, 2.05) is 13.0 Å². The van der Waals surface area contributed by atoms with E-state index in [9.17, 15) is 0 Å². The van der Waals surface area contributed by atoms with E-state index >= 15 is 0 Å². The molecule has 0 saturated carbocycles. The smallest absolute Gasteiger partial charge is 0.154 e. The Balaban J connectivity index is 1.87. The fourth-order valence-electron chi connectivity index (χ4n) is 2.79. The summed E-state index contributed by atoms with van der Waals surface area (Å²) in [4.78, 5) is 11.3. The van der Waals surface area contributed by atoms with Gasteiger partial charge in [-0.15, -0.1) is 11.3 Å². The Bertz CT molecular complexity index is 983. The first-order chi connectivity index (χ1) is 10.6. The van der Waals surface area contributed by atoms with Crippen LogP contribution >= 0.6 is 11.3 Å². The van der Waals surface area contributed by atoms with E-state index in [1.165, 1.54) is 10.9 Å². The van der Waals surface area contributed by atoms with Gasteiger partial charge in [-0.2, -0.15) is 0 Å². The second kappa shape index (κ2) is 4.81. The van der Waals surface area contributed by atoms with Crippen molar-refractivity contribution >= 4 is 44.0 Å². The first-order valence-electron chi connectivity index (χ1n) is 7.14. The Kier molecular flexibility index (Phi) is 2.90. The third-order valence-corrected chi connectivity index (χ3v) is 4.87. The zero-order chi connectivity index (χ0) is 15.3. The molecule has 110 valence electrons. The normalized spacial score (nSPS) is 11.4. The number of benzene rings is 1. The van der Waals surface area contributed by atoms with Crippen LogP contribution in [0.25, 0.3) is 21.1 Å². The van der Waals surface area contributed by atoms with Gasteiger partial charge >= 0.3 is 0 Å². The summed E-state index contributed by atoms with van der Waals surface area (Å²) in [6.45, 7) is 1.94. The highest BCUT2D eigenvalue weighted by Gasteiger charge is 2.13. The number of anilines is 2. The predicted octanol–water partition coefficient (Wildman–Crippen LogP) is 4.26. The van der Waals surface area contributed by atoms with Crippen LogP contribution in [0.1, 0.15) is 5.82 Å². The quantitative estimate of drug-likeness (QED) is 0.555. The Morgan fingerprint density at radius 2 is 2.00 bits per heavy atom. The van der Waals surface area contributed by atoms with E-state index < -0.39 is 0 Å². The summed E-state index contributed by atoms with van der Waals surface area (Å²) in [5.74, 6) is 1.77. The highest BCUT2D eigenvalue weighted by molar-refractivity contribution is 7.17. The summed E-state index contributed by atoms with van der Waals surface area (Å²) in [6.07, 6.45) is 2.08. The van der Waals surface area contributed by atoms with Crippen LogP contribution in [0.5, 0.6) is 0 Å². The van der Waals surface area contributed by atoms with Crippen LogP contribution in [0.4, 0.5) is 11.5 Å². The topological polar surface area (TPSA) is 34.0 Å². The molecule has 0 bridgehead atoms. The molecular weight excluding hydrogens is 292 g/mol. The molecule has 22 heavy (non-hydrogen) atoms. The van der Waals surface area contributed by atoms with Gasteiger partial charge in [0, 0.05) is 36.9 Å². The van der Waals surface area contributed by atoms with E-state index in [1.54, 1.807) is 11.3 Å². The van der Waals surface area contributed by atoms with Crippen LogP contribution in [0, 0.1) is 6.92 Å². The summed E-state index contributed by atoms with van der Waals surface area (Å²) < 4.78 is 3.26. The molecule has 3 heterocycles. The summed E-state index contributed by atoms with van der Waals surface area (Å²) in [5.41, 5.74) is 3.38. The lowest BCUT2D eigenvalue weighted by Crippen LogP contribution is -2.12. The Morgan fingerprint density at radius 1 is 1.14 bits per heavy atom. The van der Waals surface area contributed by atoms with Gasteiger partial charge in [0.15, 0.2) is 5.82 Å². The van der Waals surface area contributed by atoms with Gasteiger partial charge in [0.05, 0.1) is 10.2 Å². The molecular formula is C17H16N4S. The number of aromatic nitrogens is 3. The summed E-state index contributed by atoms with van der Waals surface area (Å²) in [5, 5.41) is 3.30. The molecule has 0 fully saturated rings. The summed E-state index contributed by atoms with van der Waals surface area (Å²) in [7, 11) is 4.12. The number of hydrogen-bond acceptors (Lipinski definition) is 4. The van der Waals surface area contributed by atoms with Crippen molar-refractivity contribution in [3.63, 3.8) is 0 Å². The molecule has 0 radical (unpaired) electrons. The van der Waals surface area contributed by atoms with Gasteiger partial charge < -0.3 is 9.47 Å². The maximum absolute atomic E-state index is 4.66. The zero-order valence-electron chi connectivity index (χ0n) is 12.7. The number of aryl methyl sites for hydroxylation is 2. The van der Waals surface area contributed by atoms with E-state index in [0.717, 1.165) is 27.5 Å². The van der Waals surface area contributed by atoms with Crippen LogP contribution in [-0.4, -0.2) is 21.6 Å². The molecule has 4 aromatic rings. The van der Waals surface area contributed by atoms with E-state index in [-0.39, 0.29) is 0 Å². The second-order valence-electron chi connectivity index (χ2n) is 5.46. The number of hydrogen-bond donors (Lipinski definition) is 0. The first kappa shape index (κ1) is 13.3. The van der Waals surface area contributed by atoms with Gasteiger partial charge in [-0.25, -0.2) is 9.97 Å². The minimum Gasteiger partial charge on any atom is -0.351 e. The maximum Gasteiger partial charge on any atom is 0.154 e. The molecule has 0 unspecified atom stereocenters. The fourth-order valence-corrected chi connectivity index (χ4v) is 3.64. The Labute approximate surface area is 132 Å². The standard InChI is InChI=1S/C17H16N4S/c1-11-18-14-7-9-22-16(14)17(19-11)21(3)13-4-5-15-12(10-13)6-8-20(15)2/h4-10H,1-3H3. The predicted molar refractivity (Wildman–Crippen MR) is 93.1 cm³/mol. The number of thiophene rings is 1. The van der Waals surface area contributed by atoms with Crippen LogP contribution < -0.4 is 4.90 Å². The zero-order valence-corrected chi connectivity index (χ0v) is 13.6. The highest BCUT2D eigenvalue weighted by atomic mass is 32.1. The lowest BCUT2D eigenvalue weighted by atomic mass is 10.2. The van der Waals surface area contributed by atoms with Crippen molar-refractivity contribution in [2.75, 3.05) is 11.9 Å². The minimum atomic E-state index is 0.800. The van der Waals surface area contributed by atoms with Gasteiger partial charge in [0.25, 0.3) is 0 Å². The van der Waals surface area contributed by atoms with Gasteiger partial charge in [-0.05, 0) is 42.6 Å². The largest absolute Gasteiger partial charge is 0.351 e. The molecule has 0 N–H and O–H groups in total. The van der Waals surface area contributed by atoms with Gasteiger partial charge in [-0.1, -0.05) is 0 Å². The molecule has 0 amide bonds. The summed E-state index contributed by atoms with van der Waals surface area (Å²) in [6, 6.07) is 10.7. The molecule has 1 aromatic carbocycles. The third kappa shape index (κ3) is 1.97. The number of fused-ring (bicyclic) bond motifs is 2. The molecule has 0 spiro atoms. The molecule has 5 heteroatoms. The molecule has 0 aliphatic carbocycles. The Hall–Kier alpha value is -2.40. The molecule has 0 aliphatic rings. The SMILES string of the molecule is Cc1nc(N(C)c2ccc3c(ccn3C)c2)c2sccc2n1. The summed E-state index contributed by atoms with van der Waals surface area (Å²) >= 11 is 1.68. The average molecular weight is 308 g/mol. The molecule has 4 rings (SSSR count). The van der Waals surface area contributed by atoms with Crippen molar-refractivity contribution in [3.8, 4) is 0 Å². The van der Waals surface area contributed by atoms with Crippen LogP contribution in [0.15, 0.2) is 41.9 Å². The van der Waals surface area contributed by atoms with E-state index in [2.05, 4.69) is 69.4 Å². The molecule has 3 aromatic heterocycles. The molecule has 0 atom stereocenters. The van der Waals surface area contributed by atoms with Crippen molar-refractivity contribution < 1.29 is 0 Å². The van der Waals surface area contributed by atoms with Crippen molar-refractivity contribution in [2.24, 2.45) is 7.05 Å². The fraction of sp³-hybridized carbons (Fsp3) is 0.176. The number of nitrogens with zero attached hydrogens (tertiary/aromatic N) is 4. The Morgan fingerprint density at radius 3 is 2.86 bits per heavy atom. The van der Waals surface area contributed by atoms with E-state index in [4.69, 9.17) is 0 Å². The van der Waals surface area contributed by atoms with Gasteiger partial charge in [-0.3, -0.25) is 0 Å². The van der Waals surface area contributed by atoms with Gasteiger partial charge in [0.2, 0.25) is 0 Å². The van der Waals surface area contributed by atoms with Crippen molar-refractivity contribution in [1.82, 2.24) is 14.5 Å². The van der Waals surface area contributed by atoms with E-state index in [0.29, 0.717) is 0 Å².